The van der Waals surface area contributed by atoms with E-state index in [1.54, 1.807) is 0 Å². The summed E-state index contributed by atoms with van der Waals surface area (Å²) in [5, 5.41) is 0. The van der Waals surface area contributed by atoms with Crippen molar-refractivity contribution in [2.45, 2.75) is 4.34 Å². The van der Waals surface area contributed by atoms with Crippen molar-refractivity contribution in [3.63, 3.8) is 0 Å². The maximum atomic E-state index is 13.3. The van der Waals surface area contributed by atoms with Gasteiger partial charge in [-0.05, 0) is 18.4 Å². The normalized spacial score (nSPS) is 11.0. The van der Waals surface area contributed by atoms with Gasteiger partial charge >= 0.3 is 0 Å². The highest BCUT2D eigenvalue weighted by molar-refractivity contribution is 9.10. The lowest BCUT2D eigenvalue weighted by Gasteiger charge is -1.91. The molecule has 2 rings (SSSR count). The Kier molecular flexibility index (Phi) is 2.58. The molecule has 0 unspecified atom stereocenters. The molecule has 1 aromatic heterocycles. The number of hydrogen-bond donors (Lipinski definition) is 0. The number of nitrogens with zero attached hydrogens (tertiary/aromatic N) is 1. The number of benzene rings is 1. The summed E-state index contributed by atoms with van der Waals surface area (Å²) in [7, 11) is 0. The number of hydrogen-bond acceptors (Lipinski definition) is 3. The molecule has 1 aromatic carbocycles. The molecule has 5 heteroatoms. The van der Waals surface area contributed by atoms with Crippen molar-refractivity contribution < 1.29 is 4.39 Å². The summed E-state index contributed by atoms with van der Waals surface area (Å²) in [6.07, 6.45) is 1.94. The molecule has 0 radical (unpaired) electrons. The molecule has 0 aliphatic rings. The summed E-state index contributed by atoms with van der Waals surface area (Å²) in [5.41, 5.74) is 0.470. The van der Waals surface area contributed by atoms with Crippen molar-refractivity contribution in [3.8, 4) is 0 Å². The molecule has 0 saturated heterocycles. The molecule has 68 valence electrons. The Morgan fingerprint density at radius 3 is 3.00 bits per heavy atom. The summed E-state index contributed by atoms with van der Waals surface area (Å²) < 4.78 is 15.8. The van der Waals surface area contributed by atoms with Crippen LogP contribution in [0.25, 0.3) is 10.2 Å². The molecule has 0 amide bonds. The Hall–Kier alpha value is -0.130. The van der Waals surface area contributed by atoms with E-state index in [9.17, 15) is 4.39 Å². The lowest BCUT2D eigenvalue weighted by molar-refractivity contribution is 0.636. The lowest BCUT2D eigenvalue weighted by Crippen LogP contribution is -1.77. The standard InChI is InChI=1S/C8H5BrFNS2/c1-12-8-11-7-5(10)2-4(9)3-6(7)13-8/h2-3H,1H3. The predicted molar refractivity (Wildman–Crippen MR) is 59.1 cm³/mol. The molecule has 0 aliphatic carbocycles. The van der Waals surface area contributed by atoms with E-state index < -0.39 is 0 Å². The van der Waals surface area contributed by atoms with E-state index in [0.717, 1.165) is 13.5 Å². The van der Waals surface area contributed by atoms with Gasteiger partial charge in [0.25, 0.3) is 0 Å². The van der Waals surface area contributed by atoms with Gasteiger partial charge in [-0.2, -0.15) is 0 Å². The highest BCUT2D eigenvalue weighted by atomic mass is 79.9. The molecule has 1 heterocycles. The third-order valence-corrected chi connectivity index (χ3v) is 4.01. The monoisotopic (exact) mass is 277 g/mol. The summed E-state index contributed by atoms with van der Waals surface area (Å²) in [4.78, 5) is 4.16. The minimum absolute atomic E-state index is 0.263. The molecule has 2 aromatic rings. The fraction of sp³-hybridized carbons (Fsp3) is 0.125. The van der Waals surface area contributed by atoms with E-state index in [-0.39, 0.29) is 5.82 Å². The van der Waals surface area contributed by atoms with E-state index in [1.807, 2.05) is 12.3 Å². The van der Waals surface area contributed by atoms with E-state index in [2.05, 4.69) is 20.9 Å². The zero-order chi connectivity index (χ0) is 9.42. The van der Waals surface area contributed by atoms with Gasteiger partial charge in [-0.15, -0.1) is 11.3 Å². The first-order chi connectivity index (χ1) is 6.20. The molecule has 13 heavy (non-hydrogen) atoms. The first-order valence-electron chi connectivity index (χ1n) is 3.50. The molecular weight excluding hydrogens is 273 g/mol. The van der Waals surface area contributed by atoms with Crippen LogP contribution in [0, 0.1) is 5.82 Å². The molecule has 0 bridgehead atoms. The number of halogens is 2. The maximum absolute atomic E-state index is 13.3. The Bertz CT molecular complexity index is 455. The molecule has 0 spiro atoms. The average Bonchev–Trinajstić information content (AvgIpc) is 2.47. The minimum atomic E-state index is -0.263. The third-order valence-electron chi connectivity index (χ3n) is 1.57. The van der Waals surface area contributed by atoms with E-state index in [4.69, 9.17) is 0 Å². The van der Waals surface area contributed by atoms with Crippen LogP contribution in [0.4, 0.5) is 4.39 Å². The fourth-order valence-electron chi connectivity index (χ4n) is 1.02. The summed E-state index contributed by atoms with van der Waals surface area (Å²) in [6.45, 7) is 0. The van der Waals surface area contributed by atoms with Crippen LogP contribution in [0.5, 0.6) is 0 Å². The zero-order valence-corrected chi connectivity index (χ0v) is 9.89. The summed E-state index contributed by atoms with van der Waals surface area (Å²) >= 11 is 6.29. The van der Waals surface area contributed by atoms with Gasteiger partial charge in [-0.1, -0.05) is 27.7 Å². The molecule has 0 saturated carbocycles. The van der Waals surface area contributed by atoms with E-state index >= 15 is 0 Å². The molecule has 0 fully saturated rings. The zero-order valence-electron chi connectivity index (χ0n) is 6.67. The van der Waals surface area contributed by atoms with Gasteiger partial charge in [0.15, 0.2) is 10.2 Å². The number of aromatic nitrogens is 1. The average molecular weight is 278 g/mol. The second kappa shape index (κ2) is 3.55. The van der Waals surface area contributed by atoms with Crippen LogP contribution in [0.1, 0.15) is 0 Å². The van der Waals surface area contributed by atoms with Gasteiger partial charge in [0.1, 0.15) is 5.52 Å². The van der Waals surface area contributed by atoms with Crippen molar-refractivity contribution in [1.29, 1.82) is 0 Å². The first kappa shape index (κ1) is 9.43. The topological polar surface area (TPSA) is 12.9 Å². The Balaban J connectivity index is 2.75. The van der Waals surface area contributed by atoms with Crippen LogP contribution in [-0.2, 0) is 0 Å². The van der Waals surface area contributed by atoms with Crippen LogP contribution in [0.3, 0.4) is 0 Å². The Morgan fingerprint density at radius 2 is 2.31 bits per heavy atom. The molecule has 1 nitrogen and oxygen atoms in total. The van der Waals surface area contributed by atoms with Crippen LogP contribution in [0.15, 0.2) is 20.9 Å². The van der Waals surface area contributed by atoms with Crippen molar-refractivity contribution in [1.82, 2.24) is 4.98 Å². The number of thiazole rings is 1. The third kappa shape index (κ3) is 1.73. The Labute approximate surface area is 91.5 Å². The van der Waals surface area contributed by atoms with E-state index in [1.165, 1.54) is 29.2 Å². The van der Waals surface area contributed by atoms with Gasteiger partial charge in [-0.25, -0.2) is 9.37 Å². The highest BCUT2D eigenvalue weighted by Gasteiger charge is 2.08. The van der Waals surface area contributed by atoms with Crippen LogP contribution in [0.2, 0.25) is 0 Å². The second-order valence-electron chi connectivity index (χ2n) is 2.42. The fourth-order valence-corrected chi connectivity index (χ4v) is 3.14. The van der Waals surface area contributed by atoms with Gasteiger partial charge in [-0.3, -0.25) is 0 Å². The molecule has 0 atom stereocenters. The number of rotatable bonds is 1. The van der Waals surface area contributed by atoms with Gasteiger partial charge in [0, 0.05) is 4.47 Å². The van der Waals surface area contributed by atoms with Gasteiger partial charge < -0.3 is 0 Å². The summed E-state index contributed by atoms with van der Waals surface area (Å²) in [6, 6.07) is 3.32. The smallest absolute Gasteiger partial charge is 0.151 e. The summed E-state index contributed by atoms with van der Waals surface area (Å²) in [5.74, 6) is -0.263. The minimum Gasteiger partial charge on any atom is -0.227 e. The van der Waals surface area contributed by atoms with Crippen molar-refractivity contribution >= 4 is 49.2 Å². The van der Waals surface area contributed by atoms with Crippen LogP contribution < -0.4 is 0 Å². The largest absolute Gasteiger partial charge is 0.227 e. The van der Waals surface area contributed by atoms with E-state index in [0.29, 0.717) is 5.52 Å². The van der Waals surface area contributed by atoms with Gasteiger partial charge in [0.05, 0.1) is 4.70 Å². The molecule has 0 aliphatic heterocycles. The SMILES string of the molecule is CSc1nc2c(F)cc(Br)cc2s1. The number of thioether (sulfide) groups is 1. The highest BCUT2D eigenvalue weighted by Crippen LogP contribution is 2.31. The van der Waals surface area contributed by atoms with Crippen LogP contribution in [-0.4, -0.2) is 11.2 Å². The molecule has 0 N–H and O–H groups in total. The predicted octanol–water partition coefficient (Wildman–Crippen LogP) is 3.92. The number of fused-ring (bicyclic) bond motifs is 1. The van der Waals surface area contributed by atoms with Crippen molar-refractivity contribution in [3.05, 3.63) is 22.4 Å². The van der Waals surface area contributed by atoms with Crippen molar-refractivity contribution in [2.75, 3.05) is 6.26 Å². The second-order valence-corrected chi connectivity index (χ2v) is 5.42. The Morgan fingerprint density at radius 1 is 1.54 bits per heavy atom. The first-order valence-corrected chi connectivity index (χ1v) is 6.33. The van der Waals surface area contributed by atoms with Gasteiger partial charge in [0.2, 0.25) is 0 Å². The lowest BCUT2D eigenvalue weighted by atomic mass is 10.3. The van der Waals surface area contributed by atoms with Crippen molar-refractivity contribution in [2.24, 2.45) is 0 Å². The molecular formula is C8H5BrFNS2. The van der Waals surface area contributed by atoms with Crippen LogP contribution >= 0.6 is 39.0 Å². The quantitative estimate of drug-likeness (QED) is 0.733. The maximum Gasteiger partial charge on any atom is 0.151 e.